The van der Waals surface area contributed by atoms with Crippen molar-refractivity contribution < 1.29 is 14.3 Å². The summed E-state index contributed by atoms with van der Waals surface area (Å²) in [5.74, 6) is -0.573. The molecule has 0 unspecified atom stereocenters. The fraction of sp³-hybridized carbons (Fsp3) is 0.300. The van der Waals surface area contributed by atoms with Crippen LogP contribution in [0, 0.1) is 0 Å². The Balaban J connectivity index is 2.86. The minimum Gasteiger partial charge on any atom is -0.501 e. The predicted molar refractivity (Wildman–Crippen MR) is 58.4 cm³/mol. The van der Waals surface area contributed by atoms with Crippen LogP contribution in [-0.4, -0.2) is 29.7 Å². The van der Waals surface area contributed by atoms with Crippen LogP contribution in [0.25, 0.3) is 6.08 Å². The summed E-state index contributed by atoms with van der Waals surface area (Å²) >= 11 is 0. The Hall–Kier alpha value is -2.11. The Labute approximate surface area is 93.1 Å². The zero-order chi connectivity index (χ0) is 12.0. The van der Waals surface area contributed by atoms with Crippen molar-refractivity contribution in [2.24, 2.45) is 0 Å². The Morgan fingerprint density at radius 2 is 2.38 bits per heavy atom. The highest BCUT2D eigenvalue weighted by atomic mass is 16.5. The van der Waals surface area contributed by atoms with Crippen LogP contribution in [0.3, 0.4) is 0 Å². The summed E-state index contributed by atoms with van der Waals surface area (Å²) in [5.41, 5.74) is 6.08. The third-order valence-electron chi connectivity index (χ3n) is 1.70. The van der Waals surface area contributed by atoms with Gasteiger partial charge < -0.3 is 15.2 Å². The highest BCUT2D eigenvalue weighted by Crippen LogP contribution is 2.08. The van der Waals surface area contributed by atoms with Gasteiger partial charge in [-0.2, -0.15) is 0 Å². The summed E-state index contributed by atoms with van der Waals surface area (Å²) in [6, 6.07) is 0. The molecule has 16 heavy (non-hydrogen) atoms. The molecule has 0 atom stereocenters. The molecule has 0 aliphatic rings. The standard InChI is InChI=1S/C10H13N3O3/c1-3-16-5-4-7-6-12-8(9(11)13-7)10(14)15-2/h4-6H,3H2,1-2H3,(H2,11,13). The molecule has 0 aliphatic heterocycles. The first kappa shape index (κ1) is 12.0. The van der Waals surface area contributed by atoms with Crippen LogP contribution < -0.4 is 5.73 Å². The second-order valence-corrected chi connectivity index (χ2v) is 2.78. The first-order chi connectivity index (χ1) is 7.69. The maximum Gasteiger partial charge on any atom is 0.360 e. The van der Waals surface area contributed by atoms with Gasteiger partial charge in [-0.3, -0.25) is 0 Å². The maximum absolute atomic E-state index is 11.2. The highest BCUT2D eigenvalue weighted by molar-refractivity contribution is 5.91. The lowest BCUT2D eigenvalue weighted by atomic mass is 10.3. The smallest absolute Gasteiger partial charge is 0.360 e. The number of anilines is 1. The molecular formula is C10H13N3O3. The van der Waals surface area contributed by atoms with Crippen LogP contribution in [0.1, 0.15) is 23.1 Å². The summed E-state index contributed by atoms with van der Waals surface area (Å²) < 4.78 is 9.49. The van der Waals surface area contributed by atoms with Gasteiger partial charge in [-0.05, 0) is 13.0 Å². The van der Waals surface area contributed by atoms with E-state index in [-0.39, 0.29) is 11.5 Å². The molecule has 0 bridgehead atoms. The summed E-state index contributed by atoms with van der Waals surface area (Å²) in [6.45, 7) is 2.43. The van der Waals surface area contributed by atoms with Gasteiger partial charge in [-0.15, -0.1) is 0 Å². The van der Waals surface area contributed by atoms with E-state index in [0.29, 0.717) is 12.3 Å². The lowest BCUT2D eigenvalue weighted by Gasteiger charge is -2.02. The topological polar surface area (TPSA) is 87.3 Å². The van der Waals surface area contributed by atoms with E-state index in [1.165, 1.54) is 19.6 Å². The number of carbonyl (C=O) groups is 1. The summed E-state index contributed by atoms with van der Waals surface area (Å²) in [6.07, 6.45) is 4.51. The second kappa shape index (κ2) is 5.69. The van der Waals surface area contributed by atoms with E-state index in [0.717, 1.165) is 0 Å². The number of rotatable bonds is 4. The van der Waals surface area contributed by atoms with E-state index < -0.39 is 5.97 Å². The van der Waals surface area contributed by atoms with Gasteiger partial charge in [0.15, 0.2) is 11.5 Å². The quantitative estimate of drug-likeness (QED) is 0.601. The normalized spacial score (nSPS) is 10.4. The number of methoxy groups -OCH3 is 1. The van der Waals surface area contributed by atoms with Crippen molar-refractivity contribution in [2.75, 3.05) is 19.5 Å². The lowest BCUT2D eigenvalue weighted by Crippen LogP contribution is -2.10. The first-order valence-corrected chi connectivity index (χ1v) is 4.68. The third-order valence-corrected chi connectivity index (χ3v) is 1.70. The third kappa shape index (κ3) is 2.94. The Morgan fingerprint density at radius 1 is 1.62 bits per heavy atom. The number of esters is 1. The van der Waals surface area contributed by atoms with Crippen LogP contribution >= 0.6 is 0 Å². The minimum absolute atomic E-state index is 0.0102. The van der Waals surface area contributed by atoms with Crippen LogP contribution in [0.2, 0.25) is 0 Å². The van der Waals surface area contributed by atoms with Crippen molar-refractivity contribution in [1.29, 1.82) is 0 Å². The molecular weight excluding hydrogens is 210 g/mol. The van der Waals surface area contributed by atoms with E-state index in [2.05, 4.69) is 14.7 Å². The van der Waals surface area contributed by atoms with E-state index in [1.54, 1.807) is 6.08 Å². The van der Waals surface area contributed by atoms with Gasteiger partial charge in [0.05, 0.1) is 31.9 Å². The number of hydrogen-bond donors (Lipinski definition) is 1. The number of nitrogens with two attached hydrogens (primary N) is 1. The van der Waals surface area contributed by atoms with Crippen molar-refractivity contribution in [3.8, 4) is 0 Å². The number of nitrogen functional groups attached to an aromatic ring is 1. The Bertz CT molecular complexity index is 404. The number of ether oxygens (including phenoxy) is 2. The van der Waals surface area contributed by atoms with Crippen molar-refractivity contribution >= 4 is 17.9 Å². The molecule has 86 valence electrons. The largest absolute Gasteiger partial charge is 0.501 e. The maximum atomic E-state index is 11.2. The van der Waals surface area contributed by atoms with Gasteiger partial charge in [0, 0.05) is 0 Å². The number of aromatic nitrogens is 2. The number of nitrogens with zero attached hydrogens (tertiary/aromatic N) is 2. The molecule has 0 spiro atoms. The fourth-order valence-corrected chi connectivity index (χ4v) is 0.966. The average molecular weight is 223 g/mol. The molecule has 1 rings (SSSR count). The number of carbonyl (C=O) groups excluding carboxylic acids is 1. The Kier molecular flexibility index (Phi) is 4.26. The van der Waals surface area contributed by atoms with E-state index >= 15 is 0 Å². The molecule has 0 aliphatic carbocycles. The average Bonchev–Trinajstić information content (AvgIpc) is 2.29. The summed E-state index contributed by atoms with van der Waals surface area (Å²) in [4.78, 5) is 19.0. The SMILES string of the molecule is CCOC=Cc1cnc(C(=O)OC)c(N)n1. The summed E-state index contributed by atoms with van der Waals surface area (Å²) in [5, 5.41) is 0. The molecule has 1 aromatic rings. The van der Waals surface area contributed by atoms with Gasteiger partial charge >= 0.3 is 5.97 Å². The zero-order valence-corrected chi connectivity index (χ0v) is 9.14. The van der Waals surface area contributed by atoms with Crippen molar-refractivity contribution in [1.82, 2.24) is 9.97 Å². The molecule has 0 aromatic carbocycles. The van der Waals surface area contributed by atoms with E-state index in [1.807, 2.05) is 6.92 Å². The van der Waals surface area contributed by atoms with Crippen LogP contribution in [0.5, 0.6) is 0 Å². The van der Waals surface area contributed by atoms with Crippen molar-refractivity contribution in [2.45, 2.75) is 6.92 Å². The molecule has 1 aromatic heterocycles. The van der Waals surface area contributed by atoms with Gasteiger partial charge in [0.1, 0.15) is 0 Å². The molecule has 2 N–H and O–H groups in total. The van der Waals surface area contributed by atoms with Gasteiger partial charge in [0.25, 0.3) is 0 Å². The molecule has 0 amide bonds. The monoisotopic (exact) mass is 223 g/mol. The minimum atomic E-state index is -0.606. The Morgan fingerprint density at radius 3 is 2.94 bits per heavy atom. The van der Waals surface area contributed by atoms with Crippen molar-refractivity contribution in [3.63, 3.8) is 0 Å². The van der Waals surface area contributed by atoms with Crippen LogP contribution in [0.4, 0.5) is 5.82 Å². The second-order valence-electron chi connectivity index (χ2n) is 2.78. The summed E-state index contributed by atoms with van der Waals surface area (Å²) in [7, 11) is 1.26. The predicted octanol–water partition coefficient (Wildman–Crippen LogP) is 0.853. The fourth-order valence-electron chi connectivity index (χ4n) is 0.966. The first-order valence-electron chi connectivity index (χ1n) is 4.68. The number of hydrogen-bond acceptors (Lipinski definition) is 6. The van der Waals surface area contributed by atoms with Crippen molar-refractivity contribution in [3.05, 3.63) is 23.8 Å². The molecule has 0 saturated heterocycles. The molecule has 0 saturated carbocycles. The highest BCUT2D eigenvalue weighted by Gasteiger charge is 2.12. The van der Waals surface area contributed by atoms with E-state index in [4.69, 9.17) is 10.5 Å². The van der Waals surface area contributed by atoms with Gasteiger partial charge in [-0.25, -0.2) is 14.8 Å². The molecule has 1 heterocycles. The van der Waals surface area contributed by atoms with E-state index in [9.17, 15) is 4.79 Å². The zero-order valence-electron chi connectivity index (χ0n) is 9.14. The lowest BCUT2D eigenvalue weighted by molar-refractivity contribution is 0.0595. The molecule has 6 nitrogen and oxygen atoms in total. The van der Waals surface area contributed by atoms with Gasteiger partial charge in [0.2, 0.25) is 0 Å². The molecule has 0 radical (unpaired) electrons. The van der Waals surface area contributed by atoms with Crippen LogP contribution in [0.15, 0.2) is 12.5 Å². The molecule has 0 fully saturated rings. The van der Waals surface area contributed by atoms with Gasteiger partial charge in [-0.1, -0.05) is 0 Å². The molecule has 6 heteroatoms. The van der Waals surface area contributed by atoms with Crippen LogP contribution in [-0.2, 0) is 9.47 Å².